The zero-order valence-corrected chi connectivity index (χ0v) is 12.5. The van der Waals surface area contributed by atoms with Crippen LogP contribution in [0, 0.1) is 0 Å². The van der Waals surface area contributed by atoms with Crippen LogP contribution in [0.2, 0.25) is 0 Å². The van der Waals surface area contributed by atoms with Gasteiger partial charge in [0.05, 0.1) is 7.11 Å². The molecule has 1 saturated heterocycles. The molecule has 118 valence electrons. The van der Waals surface area contributed by atoms with Crippen molar-refractivity contribution in [2.24, 2.45) is 0 Å². The van der Waals surface area contributed by atoms with Crippen molar-refractivity contribution < 1.29 is 23.8 Å². The highest BCUT2D eigenvalue weighted by molar-refractivity contribution is 5.97. The van der Waals surface area contributed by atoms with Crippen LogP contribution < -0.4 is 9.47 Å². The van der Waals surface area contributed by atoms with Crippen molar-refractivity contribution in [3.8, 4) is 11.5 Å². The first kappa shape index (κ1) is 14.7. The molecule has 0 spiro atoms. The fraction of sp³-hybridized carbons (Fsp3) is 0.500. The van der Waals surface area contributed by atoms with Gasteiger partial charge in [-0.05, 0) is 37.5 Å². The van der Waals surface area contributed by atoms with Gasteiger partial charge in [0.25, 0.3) is 5.91 Å². The first-order valence-electron chi connectivity index (χ1n) is 7.49. The van der Waals surface area contributed by atoms with Crippen LogP contribution in [0.3, 0.4) is 0 Å². The number of hydrogen-bond acceptors (Lipinski definition) is 5. The highest BCUT2D eigenvalue weighted by Crippen LogP contribution is 2.32. The molecular formula is C16H19NO5. The summed E-state index contributed by atoms with van der Waals surface area (Å²) in [5.74, 6) is 0.687. The highest BCUT2D eigenvalue weighted by atomic mass is 16.6. The van der Waals surface area contributed by atoms with Crippen LogP contribution in [0.5, 0.6) is 11.5 Å². The molecule has 0 N–H and O–H groups in total. The minimum Gasteiger partial charge on any atom is -0.486 e. The number of nitrogens with zero attached hydrogens (tertiary/aromatic N) is 1. The molecule has 22 heavy (non-hydrogen) atoms. The number of ether oxygens (including phenoxy) is 3. The average molecular weight is 305 g/mol. The molecule has 6 nitrogen and oxygen atoms in total. The van der Waals surface area contributed by atoms with Crippen molar-refractivity contribution in [3.05, 3.63) is 23.8 Å². The Hall–Kier alpha value is -2.24. The van der Waals surface area contributed by atoms with E-state index in [1.165, 1.54) is 7.11 Å². The van der Waals surface area contributed by atoms with Crippen molar-refractivity contribution in [1.29, 1.82) is 0 Å². The Morgan fingerprint density at radius 1 is 1.18 bits per heavy atom. The van der Waals surface area contributed by atoms with Gasteiger partial charge in [0, 0.05) is 12.1 Å². The van der Waals surface area contributed by atoms with Gasteiger partial charge >= 0.3 is 5.97 Å². The van der Waals surface area contributed by atoms with Crippen molar-refractivity contribution in [2.75, 3.05) is 26.9 Å². The highest BCUT2D eigenvalue weighted by Gasteiger charge is 2.33. The van der Waals surface area contributed by atoms with Gasteiger partial charge < -0.3 is 19.1 Å². The lowest BCUT2D eigenvalue weighted by Gasteiger charge is -2.34. The summed E-state index contributed by atoms with van der Waals surface area (Å²) >= 11 is 0. The van der Waals surface area contributed by atoms with Crippen LogP contribution in [0.15, 0.2) is 18.2 Å². The number of piperidine rings is 1. The topological polar surface area (TPSA) is 65.1 Å². The summed E-state index contributed by atoms with van der Waals surface area (Å²) in [6.45, 7) is 1.54. The lowest BCUT2D eigenvalue weighted by Crippen LogP contribution is -2.48. The first-order valence-corrected chi connectivity index (χ1v) is 7.49. The van der Waals surface area contributed by atoms with E-state index < -0.39 is 6.04 Å². The van der Waals surface area contributed by atoms with Crippen LogP contribution in [0.4, 0.5) is 0 Å². The molecule has 0 radical (unpaired) electrons. The minimum atomic E-state index is -0.501. The number of carbonyl (C=O) groups is 2. The van der Waals surface area contributed by atoms with Crippen LogP contribution >= 0.6 is 0 Å². The predicted molar refractivity (Wildman–Crippen MR) is 78.1 cm³/mol. The second-order valence-electron chi connectivity index (χ2n) is 5.39. The maximum absolute atomic E-state index is 12.7. The summed E-state index contributed by atoms with van der Waals surface area (Å²) in [4.78, 5) is 26.2. The smallest absolute Gasteiger partial charge is 0.328 e. The third kappa shape index (κ3) is 2.73. The van der Waals surface area contributed by atoms with Gasteiger partial charge in [-0.2, -0.15) is 0 Å². The number of carbonyl (C=O) groups excluding carboxylic acids is 2. The summed E-state index contributed by atoms with van der Waals surface area (Å²) in [6, 6.07) is 4.62. The summed E-state index contributed by atoms with van der Waals surface area (Å²) in [5.41, 5.74) is 0.500. The Kier molecular flexibility index (Phi) is 4.18. The van der Waals surface area contributed by atoms with E-state index in [2.05, 4.69) is 0 Å². The Balaban J connectivity index is 1.84. The zero-order valence-electron chi connectivity index (χ0n) is 12.5. The van der Waals surface area contributed by atoms with E-state index >= 15 is 0 Å². The Morgan fingerprint density at radius 3 is 2.73 bits per heavy atom. The molecule has 0 aliphatic carbocycles. The van der Waals surface area contributed by atoms with Gasteiger partial charge in [-0.3, -0.25) is 4.79 Å². The summed E-state index contributed by atoms with van der Waals surface area (Å²) in [6.07, 6.45) is 2.46. The van der Waals surface area contributed by atoms with E-state index in [0.717, 1.165) is 12.8 Å². The molecule has 1 amide bonds. The molecular weight excluding hydrogens is 286 g/mol. The van der Waals surface area contributed by atoms with Crippen molar-refractivity contribution in [3.63, 3.8) is 0 Å². The lowest BCUT2D eigenvalue weighted by molar-refractivity contribution is -0.147. The first-order chi connectivity index (χ1) is 10.7. The molecule has 1 fully saturated rings. The summed E-state index contributed by atoms with van der Waals surface area (Å²) in [7, 11) is 1.35. The molecule has 6 heteroatoms. The second-order valence-corrected chi connectivity index (χ2v) is 5.39. The van der Waals surface area contributed by atoms with Gasteiger partial charge in [-0.15, -0.1) is 0 Å². The molecule has 2 aliphatic heterocycles. The van der Waals surface area contributed by atoms with E-state index in [4.69, 9.17) is 14.2 Å². The normalized spacial score (nSPS) is 20.4. The van der Waals surface area contributed by atoms with Crippen LogP contribution in [-0.2, 0) is 9.53 Å². The number of rotatable bonds is 2. The van der Waals surface area contributed by atoms with E-state index in [0.29, 0.717) is 43.2 Å². The van der Waals surface area contributed by atoms with Crippen molar-refractivity contribution in [1.82, 2.24) is 4.90 Å². The molecule has 0 bridgehead atoms. The molecule has 1 aromatic rings. The molecule has 0 aromatic heterocycles. The SMILES string of the molecule is COC(=O)[C@H]1CCCCN1C(=O)c1ccc2c(c1)OCCO2. The van der Waals surface area contributed by atoms with Gasteiger partial charge in [0.1, 0.15) is 19.3 Å². The maximum atomic E-state index is 12.7. The Bertz CT molecular complexity index is 586. The van der Waals surface area contributed by atoms with E-state index in [-0.39, 0.29) is 11.9 Å². The Morgan fingerprint density at radius 2 is 1.95 bits per heavy atom. The number of likely N-dealkylation sites (tertiary alicyclic amines) is 1. The maximum Gasteiger partial charge on any atom is 0.328 e. The van der Waals surface area contributed by atoms with Crippen LogP contribution in [-0.4, -0.2) is 49.7 Å². The predicted octanol–water partition coefficient (Wildman–Crippen LogP) is 1.63. The molecule has 2 heterocycles. The largest absolute Gasteiger partial charge is 0.486 e. The van der Waals surface area contributed by atoms with E-state index in [9.17, 15) is 9.59 Å². The van der Waals surface area contributed by atoms with Gasteiger partial charge in [0.15, 0.2) is 11.5 Å². The molecule has 3 rings (SSSR count). The third-order valence-electron chi connectivity index (χ3n) is 4.03. The van der Waals surface area contributed by atoms with Gasteiger partial charge in [0.2, 0.25) is 0 Å². The minimum absolute atomic E-state index is 0.174. The molecule has 1 aromatic carbocycles. The van der Waals surface area contributed by atoms with Gasteiger partial charge in [-0.25, -0.2) is 4.79 Å². The average Bonchev–Trinajstić information content (AvgIpc) is 2.60. The number of hydrogen-bond donors (Lipinski definition) is 0. The summed E-state index contributed by atoms with van der Waals surface area (Å²) in [5, 5.41) is 0. The number of methoxy groups -OCH3 is 1. The van der Waals surface area contributed by atoms with E-state index in [1.54, 1.807) is 23.1 Å². The number of amides is 1. The van der Waals surface area contributed by atoms with Crippen LogP contribution in [0.1, 0.15) is 29.6 Å². The zero-order chi connectivity index (χ0) is 15.5. The quantitative estimate of drug-likeness (QED) is 0.777. The monoisotopic (exact) mass is 305 g/mol. The number of fused-ring (bicyclic) bond motifs is 1. The molecule has 2 aliphatic rings. The second kappa shape index (κ2) is 6.25. The fourth-order valence-electron chi connectivity index (χ4n) is 2.90. The Labute approximate surface area is 128 Å². The molecule has 1 atom stereocenters. The summed E-state index contributed by atoms with van der Waals surface area (Å²) < 4.78 is 15.8. The third-order valence-corrected chi connectivity index (χ3v) is 4.03. The van der Waals surface area contributed by atoms with Crippen molar-refractivity contribution in [2.45, 2.75) is 25.3 Å². The lowest BCUT2D eigenvalue weighted by atomic mass is 10.0. The van der Waals surface area contributed by atoms with Crippen LogP contribution in [0.25, 0.3) is 0 Å². The standard InChI is InChI=1S/C16H19NO5/c1-20-16(19)12-4-2-3-7-17(12)15(18)11-5-6-13-14(10-11)22-9-8-21-13/h5-6,10,12H,2-4,7-9H2,1H3/t12-/m1/s1. The van der Waals surface area contributed by atoms with Crippen molar-refractivity contribution >= 4 is 11.9 Å². The van der Waals surface area contributed by atoms with Gasteiger partial charge in [-0.1, -0.05) is 0 Å². The van der Waals surface area contributed by atoms with E-state index in [1.807, 2.05) is 0 Å². The molecule has 0 unspecified atom stereocenters. The molecule has 0 saturated carbocycles. The number of benzene rings is 1. The fourth-order valence-corrected chi connectivity index (χ4v) is 2.90. The number of esters is 1.